The van der Waals surface area contributed by atoms with Crippen LogP contribution in [0, 0.1) is 0 Å². The van der Waals surface area contributed by atoms with E-state index in [4.69, 9.17) is 23.2 Å². The van der Waals surface area contributed by atoms with Gasteiger partial charge in [0.25, 0.3) is 0 Å². The van der Waals surface area contributed by atoms with Crippen molar-refractivity contribution in [3.8, 4) is 0 Å². The molecule has 0 aliphatic carbocycles. The molecule has 0 fully saturated rings. The topological polar surface area (TPSA) is 49.4 Å². The zero-order chi connectivity index (χ0) is 19.1. The molecule has 0 aromatic heterocycles. The van der Waals surface area contributed by atoms with Crippen molar-refractivity contribution in [2.45, 2.75) is 24.4 Å². The van der Waals surface area contributed by atoms with Crippen molar-refractivity contribution < 1.29 is 9.59 Å². The van der Waals surface area contributed by atoms with Crippen LogP contribution in [0.2, 0.25) is 10.0 Å². The van der Waals surface area contributed by atoms with Crippen molar-refractivity contribution in [2.24, 2.45) is 0 Å². The van der Waals surface area contributed by atoms with Crippen molar-refractivity contribution in [3.05, 3.63) is 64.1 Å². The summed E-state index contributed by atoms with van der Waals surface area (Å²) >= 11 is 13.3. The van der Waals surface area contributed by atoms with E-state index in [1.807, 2.05) is 24.3 Å². The highest BCUT2D eigenvalue weighted by Crippen LogP contribution is 2.22. The lowest BCUT2D eigenvalue weighted by molar-refractivity contribution is -0.138. The van der Waals surface area contributed by atoms with Gasteiger partial charge in [-0.2, -0.15) is 0 Å². The van der Waals surface area contributed by atoms with E-state index in [1.165, 1.54) is 11.8 Å². The summed E-state index contributed by atoms with van der Waals surface area (Å²) in [4.78, 5) is 27.4. The number of carbonyl (C=O) groups excluding carboxylic acids is 2. The molecule has 1 N–H and O–H groups in total. The third-order valence-electron chi connectivity index (χ3n) is 3.83. The molecule has 0 aliphatic heterocycles. The molecule has 2 rings (SSSR count). The van der Waals surface area contributed by atoms with E-state index in [0.717, 1.165) is 10.5 Å². The largest absolute Gasteiger partial charge is 0.357 e. The Hall–Kier alpha value is -1.69. The summed E-state index contributed by atoms with van der Waals surface area (Å²) in [7, 11) is 1.56. The number of hydrogen-bond acceptors (Lipinski definition) is 3. The zero-order valence-corrected chi connectivity index (χ0v) is 16.9. The van der Waals surface area contributed by atoms with Gasteiger partial charge in [-0.3, -0.25) is 9.59 Å². The first-order valence-electron chi connectivity index (χ1n) is 8.04. The molecule has 7 heteroatoms. The summed E-state index contributed by atoms with van der Waals surface area (Å²) in [6.45, 7) is 2.03. The van der Waals surface area contributed by atoms with Gasteiger partial charge in [0.15, 0.2) is 0 Å². The highest BCUT2D eigenvalue weighted by atomic mass is 35.5. The van der Waals surface area contributed by atoms with Gasteiger partial charge in [0.2, 0.25) is 11.8 Å². The van der Waals surface area contributed by atoms with Crippen molar-refractivity contribution in [2.75, 3.05) is 12.8 Å². The second-order valence-corrected chi connectivity index (χ2v) is 7.61. The average Bonchev–Trinajstić information content (AvgIpc) is 2.64. The van der Waals surface area contributed by atoms with Gasteiger partial charge in [-0.25, -0.2) is 0 Å². The molecule has 0 saturated heterocycles. The maximum atomic E-state index is 12.8. The summed E-state index contributed by atoms with van der Waals surface area (Å²) in [5.74, 6) is -0.110. The van der Waals surface area contributed by atoms with Gasteiger partial charge in [-0.05, 0) is 48.9 Å². The molecule has 26 heavy (non-hydrogen) atoms. The zero-order valence-electron chi connectivity index (χ0n) is 14.5. The number of nitrogens with zero attached hydrogens (tertiary/aromatic N) is 1. The first-order chi connectivity index (χ1) is 12.4. The normalized spacial score (nSPS) is 11.7. The number of amides is 2. The van der Waals surface area contributed by atoms with Gasteiger partial charge < -0.3 is 10.2 Å². The third-order valence-corrected chi connectivity index (χ3v) is 5.32. The first kappa shape index (κ1) is 20.6. The fourth-order valence-electron chi connectivity index (χ4n) is 2.38. The van der Waals surface area contributed by atoms with Gasteiger partial charge in [-0.1, -0.05) is 35.3 Å². The van der Waals surface area contributed by atoms with Crippen LogP contribution in [-0.4, -0.2) is 35.6 Å². The van der Waals surface area contributed by atoms with Gasteiger partial charge in [0, 0.05) is 28.5 Å². The first-order valence-corrected chi connectivity index (χ1v) is 9.78. The number of carbonyl (C=O) groups is 2. The number of likely N-dealkylation sites (N-methyl/N-ethyl adjacent to an activating group) is 1. The fourth-order valence-corrected chi connectivity index (χ4v) is 3.51. The molecule has 2 aromatic rings. The van der Waals surface area contributed by atoms with E-state index < -0.39 is 6.04 Å². The average molecular weight is 411 g/mol. The molecule has 0 radical (unpaired) electrons. The van der Waals surface area contributed by atoms with Crippen molar-refractivity contribution >= 4 is 46.8 Å². The number of hydrogen-bond donors (Lipinski definition) is 1. The molecule has 138 valence electrons. The van der Waals surface area contributed by atoms with Crippen LogP contribution >= 0.6 is 35.0 Å². The van der Waals surface area contributed by atoms with Crippen molar-refractivity contribution in [1.29, 1.82) is 0 Å². The summed E-state index contributed by atoms with van der Waals surface area (Å²) < 4.78 is 0. The standard InChI is InChI=1S/C19H20Cl2N2O2S/c1-13(19(25)22-2)23(11-14-4-3-5-16(21)10-14)18(24)12-26-17-8-6-15(20)7-9-17/h3-10,13H,11-12H2,1-2H3,(H,22,25)/t13-/m1/s1. The fraction of sp³-hybridized carbons (Fsp3) is 0.263. The molecule has 0 heterocycles. The van der Waals surface area contributed by atoms with Gasteiger partial charge >= 0.3 is 0 Å². The maximum Gasteiger partial charge on any atom is 0.242 e. The molecule has 0 bridgehead atoms. The lowest BCUT2D eigenvalue weighted by Crippen LogP contribution is -2.47. The number of thioether (sulfide) groups is 1. The quantitative estimate of drug-likeness (QED) is 0.693. The predicted molar refractivity (Wildman–Crippen MR) is 108 cm³/mol. The smallest absolute Gasteiger partial charge is 0.242 e. The molecule has 2 aromatic carbocycles. The number of halogens is 2. The Morgan fingerprint density at radius 1 is 1.12 bits per heavy atom. The van der Waals surface area contributed by atoms with Crippen molar-refractivity contribution in [3.63, 3.8) is 0 Å². The molecule has 0 unspecified atom stereocenters. The molecule has 2 amide bonds. The minimum atomic E-state index is -0.586. The van der Waals surface area contributed by atoms with Crippen LogP contribution < -0.4 is 5.32 Å². The minimum absolute atomic E-state index is 0.124. The predicted octanol–water partition coefficient (Wildman–Crippen LogP) is 4.25. The Balaban J connectivity index is 2.12. The monoisotopic (exact) mass is 410 g/mol. The van der Waals surface area contributed by atoms with Crippen LogP contribution in [0.15, 0.2) is 53.4 Å². The summed E-state index contributed by atoms with van der Waals surface area (Å²) in [5.41, 5.74) is 0.873. The molecule has 0 spiro atoms. The molecule has 0 saturated carbocycles. The van der Waals surface area contributed by atoms with Gasteiger partial charge in [0.05, 0.1) is 5.75 Å². The lowest BCUT2D eigenvalue weighted by atomic mass is 10.1. The molecule has 4 nitrogen and oxygen atoms in total. The number of benzene rings is 2. The van der Waals surface area contributed by atoms with Crippen LogP contribution in [0.4, 0.5) is 0 Å². The highest BCUT2D eigenvalue weighted by molar-refractivity contribution is 8.00. The number of nitrogens with one attached hydrogen (secondary N) is 1. The SMILES string of the molecule is CNC(=O)[C@@H](C)N(Cc1cccc(Cl)c1)C(=O)CSc1ccc(Cl)cc1. The Morgan fingerprint density at radius 3 is 2.42 bits per heavy atom. The lowest BCUT2D eigenvalue weighted by Gasteiger charge is -2.28. The van der Waals surface area contributed by atoms with Crippen LogP contribution in [0.5, 0.6) is 0 Å². The molecule has 1 atom stereocenters. The Kier molecular flexibility index (Phi) is 7.82. The molecular formula is C19H20Cl2N2O2S. The van der Waals surface area contributed by atoms with E-state index in [0.29, 0.717) is 16.6 Å². The van der Waals surface area contributed by atoms with Gasteiger partial charge in [0.1, 0.15) is 6.04 Å². The van der Waals surface area contributed by atoms with E-state index in [1.54, 1.807) is 43.1 Å². The molecule has 0 aliphatic rings. The van der Waals surface area contributed by atoms with E-state index in [9.17, 15) is 9.59 Å². The highest BCUT2D eigenvalue weighted by Gasteiger charge is 2.25. The second kappa shape index (κ2) is 9.86. The van der Waals surface area contributed by atoms with E-state index >= 15 is 0 Å². The third kappa shape index (κ3) is 5.94. The van der Waals surface area contributed by atoms with Crippen molar-refractivity contribution in [1.82, 2.24) is 10.2 Å². The number of rotatable bonds is 7. The van der Waals surface area contributed by atoms with E-state index in [-0.39, 0.29) is 17.6 Å². The van der Waals surface area contributed by atoms with Crippen LogP contribution in [0.25, 0.3) is 0 Å². The van der Waals surface area contributed by atoms with Crippen LogP contribution in [-0.2, 0) is 16.1 Å². The Bertz CT molecular complexity index is 768. The van der Waals surface area contributed by atoms with E-state index in [2.05, 4.69) is 5.32 Å². The summed E-state index contributed by atoms with van der Waals surface area (Å²) in [6, 6.07) is 14.0. The summed E-state index contributed by atoms with van der Waals surface area (Å²) in [5, 5.41) is 3.84. The minimum Gasteiger partial charge on any atom is -0.357 e. The second-order valence-electron chi connectivity index (χ2n) is 5.68. The maximum absolute atomic E-state index is 12.8. The van der Waals surface area contributed by atoms with Crippen LogP contribution in [0.1, 0.15) is 12.5 Å². The van der Waals surface area contributed by atoms with Gasteiger partial charge in [-0.15, -0.1) is 11.8 Å². The Morgan fingerprint density at radius 2 is 1.81 bits per heavy atom. The summed E-state index contributed by atoms with van der Waals surface area (Å²) in [6.07, 6.45) is 0. The van der Waals surface area contributed by atoms with Crippen LogP contribution in [0.3, 0.4) is 0 Å². The molecular weight excluding hydrogens is 391 g/mol. The Labute approximate surface area is 167 Å².